The molecule has 0 aliphatic heterocycles. The zero-order valence-electron chi connectivity index (χ0n) is 11.6. The molecule has 1 aromatic rings. The van der Waals surface area contributed by atoms with Crippen LogP contribution in [0.2, 0.25) is 0 Å². The second-order valence-corrected chi connectivity index (χ2v) is 5.48. The molecule has 1 nitrogen and oxygen atoms in total. The molecular weight excluding hydrogens is 239 g/mol. The van der Waals surface area contributed by atoms with Gasteiger partial charge in [-0.25, -0.2) is 4.39 Å². The van der Waals surface area contributed by atoms with Gasteiger partial charge >= 0.3 is 0 Å². The number of benzene rings is 1. The van der Waals surface area contributed by atoms with Crippen molar-refractivity contribution in [2.75, 3.05) is 13.7 Å². The molecule has 0 bridgehead atoms. The lowest BCUT2D eigenvalue weighted by Gasteiger charge is -2.28. The lowest BCUT2D eigenvalue weighted by atomic mass is 9.79. The van der Waals surface area contributed by atoms with E-state index in [-0.39, 0.29) is 0 Å². The smallest absolute Gasteiger partial charge is 0.0830 e. The van der Waals surface area contributed by atoms with E-state index in [0.717, 1.165) is 12.5 Å². The zero-order chi connectivity index (χ0) is 13.5. The van der Waals surface area contributed by atoms with Gasteiger partial charge in [0.15, 0.2) is 0 Å². The molecule has 0 atom stereocenters. The maximum Gasteiger partial charge on any atom is 0.0830 e. The Morgan fingerprint density at radius 3 is 2.42 bits per heavy atom. The highest BCUT2D eigenvalue weighted by Crippen LogP contribution is 2.35. The number of halogens is 1. The van der Waals surface area contributed by atoms with E-state index < -0.39 is 0 Å². The van der Waals surface area contributed by atoms with Crippen molar-refractivity contribution >= 4 is 0 Å². The second-order valence-electron chi connectivity index (χ2n) is 5.48. The highest BCUT2D eigenvalue weighted by atomic mass is 19.1. The van der Waals surface area contributed by atoms with Gasteiger partial charge in [-0.3, -0.25) is 0 Å². The Morgan fingerprint density at radius 2 is 1.84 bits per heavy atom. The van der Waals surface area contributed by atoms with E-state index in [9.17, 15) is 4.39 Å². The Labute approximate surface area is 115 Å². The third-order valence-electron chi connectivity index (χ3n) is 4.14. The number of hydrogen-bond donors (Lipinski definition) is 0. The Balaban J connectivity index is 1.89. The molecule has 0 spiro atoms. The van der Waals surface area contributed by atoms with Crippen molar-refractivity contribution in [1.29, 1.82) is 0 Å². The van der Waals surface area contributed by atoms with Crippen molar-refractivity contribution in [1.82, 2.24) is 0 Å². The van der Waals surface area contributed by atoms with Gasteiger partial charge in [-0.1, -0.05) is 30.3 Å². The van der Waals surface area contributed by atoms with E-state index in [1.165, 1.54) is 36.8 Å². The van der Waals surface area contributed by atoms with Crippen LogP contribution in [0.25, 0.3) is 0 Å². The third-order valence-corrected chi connectivity index (χ3v) is 4.14. The number of allylic oxidation sites excluding steroid dienone is 1. The third kappa shape index (κ3) is 4.17. The van der Waals surface area contributed by atoms with Crippen LogP contribution in [0.1, 0.15) is 42.7 Å². The molecule has 1 aromatic carbocycles. The Kier molecular flexibility index (Phi) is 5.59. The largest absolute Gasteiger partial charge is 0.384 e. The van der Waals surface area contributed by atoms with E-state index in [1.807, 2.05) is 0 Å². The lowest BCUT2D eigenvalue weighted by Crippen LogP contribution is -2.17. The maximum atomic E-state index is 12.0. The summed E-state index contributed by atoms with van der Waals surface area (Å²) in [5.41, 5.74) is 2.61. The van der Waals surface area contributed by atoms with Crippen molar-refractivity contribution in [3.63, 3.8) is 0 Å². The molecule has 2 heteroatoms. The van der Waals surface area contributed by atoms with Crippen LogP contribution in [-0.4, -0.2) is 13.7 Å². The van der Waals surface area contributed by atoms with Crippen LogP contribution >= 0.6 is 0 Å². The first-order chi connectivity index (χ1) is 9.33. The zero-order valence-corrected chi connectivity index (χ0v) is 11.6. The number of rotatable bonds is 5. The van der Waals surface area contributed by atoms with Gasteiger partial charge in [-0.15, -0.1) is 0 Å². The fraction of sp³-hybridized carbons (Fsp3) is 0.529. The topological polar surface area (TPSA) is 9.23 Å². The van der Waals surface area contributed by atoms with E-state index in [4.69, 9.17) is 4.74 Å². The van der Waals surface area contributed by atoms with Crippen LogP contribution in [0, 0.1) is 5.92 Å². The Hall–Kier alpha value is -1.15. The van der Waals surface area contributed by atoms with Crippen molar-refractivity contribution in [2.45, 2.75) is 38.0 Å². The molecule has 0 N–H and O–H groups in total. The van der Waals surface area contributed by atoms with Crippen LogP contribution in [-0.2, 0) is 11.2 Å². The molecule has 0 aromatic heterocycles. The Bertz CT molecular complexity index is 388. The summed E-state index contributed by atoms with van der Waals surface area (Å²) in [4.78, 5) is 0. The van der Waals surface area contributed by atoms with Gasteiger partial charge in [0.1, 0.15) is 0 Å². The van der Waals surface area contributed by atoms with E-state index in [1.54, 1.807) is 13.2 Å². The van der Waals surface area contributed by atoms with E-state index >= 15 is 0 Å². The predicted molar refractivity (Wildman–Crippen MR) is 77.0 cm³/mol. The molecule has 0 unspecified atom stereocenters. The van der Waals surface area contributed by atoms with Gasteiger partial charge in [-0.05, 0) is 55.1 Å². The van der Waals surface area contributed by atoms with Crippen LogP contribution in [0.4, 0.5) is 4.39 Å². The molecule has 1 aliphatic carbocycles. The van der Waals surface area contributed by atoms with Crippen LogP contribution in [0.15, 0.2) is 36.7 Å². The van der Waals surface area contributed by atoms with Gasteiger partial charge in [0.2, 0.25) is 0 Å². The van der Waals surface area contributed by atoms with Crippen LogP contribution < -0.4 is 0 Å². The Morgan fingerprint density at radius 1 is 1.16 bits per heavy atom. The molecule has 1 aliphatic rings. The number of methoxy groups -OCH3 is 1. The monoisotopic (exact) mass is 262 g/mol. The average Bonchev–Trinajstić information content (AvgIpc) is 2.47. The van der Waals surface area contributed by atoms with Crippen molar-refractivity contribution < 1.29 is 9.13 Å². The quantitative estimate of drug-likeness (QED) is 0.751. The summed E-state index contributed by atoms with van der Waals surface area (Å²) in [6.07, 6.45) is 7.90. The lowest BCUT2D eigenvalue weighted by molar-refractivity contribution is 0.127. The minimum atomic E-state index is 0.616. The molecule has 0 saturated heterocycles. The highest BCUT2D eigenvalue weighted by molar-refractivity contribution is 5.27. The fourth-order valence-electron chi connectivity index (χ4n) is 3.00. The van der Waals surface area contributed by atoms with E-state index in [2.05, 4.69) is 24.3 Å². The predicted octanol–water partition coefficient (Wildman–Crippen LogP) is 4.63. The van der Waals surface area contributed by atoms with Gasteiger partial charge in [0, 0.05) is 13.7 Å². The molecule has 19 heavy (non-hydrogen) atoms. The van der Waals surface area contributed by atoms with Crippen LogP contribution in [0.5, 0.6) is 0 Å². The summed E-state index contributed by atoms with van der Waals surface area (Å²) < 4.78 is 17.2. The average molecular weight is 262 g/mol. The molecule has 1 fully saturated rings. The standard InChI is InChI=1S/C17H23FO/c1-19-13-15-6-10-17(11-7-15)16-8-4-14(5-9-16)3-2-12-18/h2,4-5,8-9,12,15,17H,3,6-7,10-11,13H2,1H3/b12-2+. The molecule has 1 saturated carbocycles. The molecule has 0 amide bonds. The molecular formula is C17H23FO. The molecule has 2 rings (SSSR count). The highest BCUT2D eigenvalue weighted by Gasteiger charge is 2.21. The minimum absolute atomic E-state index is 0.616. The fourth-order valence-corrected chi connectivity index (χ4v) is 3.00. The first-order valence-corrected chi connectivity index (χ1v) is 7.16. The summed E-state index contributed by atoms with van der Waals surface area (Å²) in [6, 6.07) is 8.67. The maximum absolute atomic E-state index is 12.0. The van der Waals surface area contributed by atoms with Crippen molar-refractivity contribution in [2.24, 2.45) is 5.92 Å². The summed E-state index contributed by atoms with van der Waals surface area (Å²) in [7, 11) is 1.79. The normalized spacial score (nSPS) is 23.9. The van der Waals surface area contributed by atoms with E-state index in [0.29, 0.717) is 18.7 Å². The number of ether oxygens (including phenoxy) is 1. The summed E-state index contributed by atoms with van der Waals surface area (Å²) in [5, 5.41) is 0. The summed E-state index contributed by atoms with van der Waals surface area (Å²) >= 11 is 0. The molecule has 0 radical (unpaired) electrons. The minimum Gasteiger partial charge on any atom is -0.384 e. The second kappa shape index (κ2) is 7.44. The first kappa shape index (κ1) is 14.3. The van der Waals surface area contributed by atoms with Crippen LogP contribution in [0.3, 0.4) is 0 Å². The van der Waals surface area contributed by atoms with Crippen molar-refractivity contribution in [3.8, 4) is 0 Å². The van der Waals surface area contributed by atoms with Gasteiger partial charge in [0.25, 0.3) is 0 Å². The van der Waals surface area contributed by atoms with Gasteiger partial charge in [-0.2, -0.15) is 0 Å². The summed E-state index contributed by atoms with van der Waals surface area (Å²) in [5.74, 6) is 1.44. The molecule has 0 heterocycles. The number of hydrogen-bond acceptors (Lipinski definition) is 1. The summed E-state index contributed by atoms with van der Waals surface area (Å²) in [6.45, 7) is 0.904. The van der Waals surface area contributed by atoms with Gasteiger partial charge < -0.3 is 4.74 Å². The first-order valence-electron chi connectivity index (χ1n) is 7.16. The van der Waals surface area contributed by atoms with Crippen molar-refractivity contribution in [3.05, 3.63) is 47.8 Å². The van der Waals surface area contributed by atoms with Gasteiger partial charge in [0.05, 0.1) is 6.33 Å². The SMILES string of the molecule is COCC1CCC(c2ccc(C/C=C/F)cc2)CC1. The molecule has 104 valence electrons.